The monoisotopic (exact) mass is 383 g/mol. The van der Waals surface area contributed by atoms with Gasteiger partial charge in [-0.05, 0) is 60.2 Å². The summed E-state index contributed by atoms with van der Waals surface area (Å²) < 4.78 is 33.2. The summed E-state index contributed by atoms with van der Waals surface area (Å²) in [6, 6.07) is 13.5. The van der Waals surface area contributed by atoms with Crippen LogP contribution in [0.1, 0.15) is 37.3 Å². The Hall–Kier alpha value is -2.60. The Balaban J connectivity index is 1.79. The van der Waals surface area contributed by atoms with Crippen molar-refractivity contribution in [3.05, 3.63) is 70.1 Å². The fraction of sp³-hybridized carbons (Fsp3) is 0.286. The first kappa shape index (κ1) is 17.8. The molecule has 5 nitrogen and oxygen atoms in total. The van der Waals surface area contributed by atoms with Gasteiger partial charge in [0, 0.05) is 18.0 Å². The van der Waals surface area contributed by atoms with Gasteiger partial charge in [0.25, 0.3) is 10.0 Å². The first-order chi connectivity index (χ1) is 12.9. The molecule has 0 saturated carbocycles. The minimum atomic E-state index is -3.70. The normalized spacial score (nSPS) is 14.6. The zero-order valence-electron chi connectivity index (χ0n) is 15.3. The van der Waals surface area contributed by atoms with Gasteiger partial charge in [-0.25, -0.2) is 13.2 Å². The first-order valence-corrected chi connectivity index (χ1v) is 10.5. The van der Waals surface area contributed by atoms with Crippen molar-refractivity contribution in [2.45, 2.75) is 37.5 Å². The molecule has 0 atom stereocenters. The molecule has 0 fully saturated rings. The van der Waals surface area contributed by atoms with Gasteiger partial charge in [0.05, 0.1) is 10.6 Å². The third kappa shape index (κ3) is 3.14. The third-order valence-corrected chi connectivity index (χ3v) is 6.83. The topological polar surface area (TPSA) is 67.6 Å². The molecule has 0 aliphatic carbocycles. The number of nitrogens with zero attached hydrogens (tertiary/aromatic N) is 1. The molecule has 0 saturated heterocycles. The zero-order chi connectivity index (χ0) is 19.2. The van der Waals surface area contributed by atoms with E-state index < -0.39 is 15.6 Å². The standard InChI is InChI=1S/C21H21NO4S/c1-14(2)15-5-8-19-16(12-15)4-3-11-22(19)27(24,25)18-7-9-20-17(13-18)6-10-21(23)26-20/h5-10,12-14H,3-4,11H2,1-2H3. The van der Waals surface area contributed by atoms with Crippen LogP contribution in [-0.2, 0) is 16.4 Å². The lowest BCUT2D eigenvalue weighted by Gasteiger charge is -2.31. The zero-order valence-corrected chi connectivity index (χ0v) is 16.1. The second-order valence-corrected chi connectivity index (χ2v) is 9.04. The average molecular weight is 383 g/mol. The van der Waals surface area contributed by atoms with Crippen molar-refractivity contribution in [2.75, 3.05) is 10.8 Å². The molecule has 2 heterocycles. The molecular weight excluding hydrogens is 362 g/mol. The second-order valence-electron chi connectivity index (χ2n) is 7.18. The summed E-state index contributed by atoms with van der Waals surface area (Å²) in [5.41, 5.74) is 2.97. The summed E-state index contributed by atoms with van der Waals surface area (Å²) in [7, 11) is -3.70. The van der Waals surface area contributed by atoms with E-state index >= 15 is 0 Å². The Labute approximate surface area is 158 Å². The molecule has 2 aromatic carbocycles. The van der Waals surface area contributed by atoms with Gasteiger partial charge in [0.1, 0.15) is 5.58 Å². The predicted octanol–water partition coefficient (Wildman–Crippen LogP) is 4.06. The number of sulfonamides is 1. The van der Waals surface area contributed by atoms with Crippen molar-refractivity contribution < 1.29 is 12.8 Å². The van der Waals surface area contributed by atoms with E-state index in [2.05, 4.69) is 19.9 Å². The van der Waals surface area contributed by atoms with Crippen molar-refractivity contribution in [1.82, 2.24) is 0 Å². The van der Waals surface area contributed by atoms with E-state index in [1.54, 1.807) is 12.1 Å². The summed E-state index contributed by atoms with van der Waals surface area (Å²) in [4.78, 5) is 11.5. The molecule has 3 aromatic rings. The minimum Gasteiger partial charge on any atom is -0.423 e. The number of benzene rings is 2. The number of rotatable bonds is 3. The molecule has 1 aromatic heterocycles. The van der Waals surface area contributed by atoms with Crippen LogP contribution in [0.2, 0.25) is 0 Å². The van der Waals surface area contributed by atoms with Crippen LogP contribution in [0.4, 0.5) is 5.69 Å². The molecule has 27 heavy (non-hydrogen) atoms. The molecule has 0 bridgehead atoms. The summed E-state index contributed by atoms with van der Waals surface area (Å²) >= 11 is 0. The van der Waals surface area contributed by atoms with Crippen LogP contribution in [-0.4, -0.2) is 15.0 Å². The van der Waals surface area contributed by atoms with Gasteiger partial charge in [0.15, 0.2) is 0 Å². The molecule has 4 rings (SSSR count). The molecule has 1 aliphatic heterocycles. The van der Waals surface area contributed by atoms with Gasteiger partial charge >= 0.3 is 5.63 Å². The highest BCUT2D eigenvalue weighted by atomic mass is 32.2. The lowest BCUT2D eigenvalue weighted by molar-refractivity contribution is 0.560. The number of hydrogen-bond acceptors (Lipinski definition) is 4. The molecule has 0 radical (unpaired) electrons. The highest BCUT2D eigenvalue weighted by Gasteiger charge is 2.29. The van der Waals surface area contributed by atoms with E-state index in [1.807, 2.05) is 12.1 Å². The first-order valence-electron chi connectivity index (χ1n) is 9.06. The number of fused-ring (bicyclic) bond motifs is 2. The van der Waals surface area contributed by atoms with E-state index in [0.717, 1.165) is 24.1 Å². The van der Waals surface area contributed by atoms with Crippen molar-refractivity contribution in [2.24, 2.45) is 0 Å². The molecule has 6 heteroatoms. The Kier molecular flexibility index (Phi) is 4.30. The van der Waals surface area contributed by atoms with Crippen molar-refractivity contribution in [3.63, 3.8) is 0 Å². The van der Waals surface area contributed by atoms with Gasteiger partial charge in [-0.1, -0.05) is 26.0 Å². The lowest BCUT2D eigenvalue weighted by Crippen LogP contribution is -2.35. The molecule has 0 amide bonds. The molecule has 140 valence electrons. The SMILES string of the molecule is CC(C)c1ccc2c(c1)CCCN2S(=O)(=O)c1ccc2oc(=O)ccc2c1. The van der Waals surface area contributed by atoms with Gasteiger partial charge in [-0.2, -0.15) is 0 Å². The van der Waals surface area contributed by atoms with Crippen LogP contribution in [0.15, 0.2) is 62.6 Å². The Morgan fingerprint density at radius 2 is 1.85 bits per heavy atom. The van der Waals surface area contributed by atoms with E-state index in [9.17, 15) is 13.2 Å². The lowest BCUT2D eigenvalue weighted by atomic mass is 9.96. The van der Waals surface area contributed by atoms with Gasteiger partial charge in [-0.15, -0.1) is 0 Å². The maximum absolute atomic E-state index is 13.3. The quantitative estimate of drug-likeness (QED) is 0.640. The minimum absolute atomic E-state index is 0.199. The second kappa shape index (κ2) is 6.53. The van der Waals surface area contributed by atoms with Crippen LogP contribution in [0, 0.1) is 0 Å². The molecule has 0 N–H and O–H groups in total. The van der Waals surface area contributed by atoms with Gasteiger partial charge in [0.2, 0.25) is 0 Å². The number of anilines is 1. The molecule has 0 unspecified atom stereocenters. The molecule has 1 aliphatic rings. The molecular formula is C21H21NO4S. The summed E-state index contributed by atoms with van der Waals surface area (Å²) in [6.07, 6.45) is 1.67. The fourth-order valence-corrected chi connectivity index (χ4v) is 5.11. The van der Waals surface area contributed by atoms with Gasteiger partial charge < -0.3 is 4.42 Å². The van der Waals surface area contributed by atoms with Crippen molar-refractivity contribution in [3.8, 4) is 0 Å². The van der Waals surface area contributed by atoms with E-state index in [0.29, 0.717) is 23.4 Å². The van der Waals surface area contributed by atoms with E-state index in [1.165, 1.54) is 28.1 Å². The van der Waals surface area contributed by atoms with Crippen LogP contribution in [0.3, 0.4) is 0 Å². The van der Waals surface area contributed by atoms with E-state index in [4.69, 9.17) is 4.42 Å². The fourth-order valence-electron chi connectivity index (χ4n) is 3.53. The van der Waals surface area contributed by atoms with Crippen molar-refractivity contribution >= 4 is 26.7 Å². The Morgan fingerprint density at radius 1 is 1.04 bits per heavy atom. The number of aryl methyl sites for hydroxylation is 1. The Morgan fingerprint density at radius 3 is 2.63 bits per heavy atom. The maximum atomic E-state index is 13.3. The highest BCUT2D eigenvalue weighted by molar-refractivity contribution is 7.92. The maximum Gasteiger partial charge on any atom is 0.336 e. The third-order valence-electron chi connectivity index (χ3n) is 5.03. The molecule has 0 spiro atoms. The van der Waals surface area contributed by atoms with Crippen LogP contribution >= 0.6 is 0 Å². The predicted molar refractivity (Wildman–Crippen MR) is 106 cm³/mol. The Bertz CT molecular complexity index is 1180. The van der Waals surface area contributed by atoms with Crippen LogP contribution < -0.4 is 9.93 Å². The summed E-state index contributed by atoms with van der Waals surface area (Å²) in [6.45, 7) is 4.72. The largest absolute Gasteiger partial charge is 0.423 e. The van der Waals surface area contributed by atoms with Crippen LogP contribution in [0.25, 0.3) is 11.0 Å². The smallest absolute Gasteiger partial charge is 0.336 e. The number of hydrogen-bond donors (Lipinski definition) is 0. The summed E-state index contributed by atoms with van der Waals surface area (Å²) in [5.74, 6) is 0.400. The van der Waals surface area contributed by atoms with Crippen LogP contribution in [0.5, 0.6) is 0 Å². The average Bonchev–Trinajstić information content (AvgIpc) is 2.66. The van der Waals surface area contributed by atoms with Gasteiger partial charge in [-0.3, -0.25) is 4.31 Å². The van der Waals surface area contributed by atoms with Crippen molar-refractivity contribution in [1.29, 1.82) is 0 Å². The highest BCUT2D eigenvalue weighted by Crippen LogP contribution is 2.34. The van der Waals surface area contributed by atoms with E-state index in [-0.39, 0.29) is 4.90 Å². The summed E-state index contributed by atoms with van der Waals surface area (Å²) in [5, 5.41) is 0.586.